The maximum atomic E-state index is 12.1. The molecule has 0 heterocycles. The number of anilines is 1. The van der Waals surface area contributed by atoms with Crippen molar-refractivity contribution >= 4 is 17.3 Å². The molecule has 0 spiro atoms. The monoisotopic (exact) mass is 292 g/mol. The van der Waals surface area contributed by atoms with Gasteiger partial charge in [0.25, 0.3) is 11.6 Å². The number of rotatable bonds is 7. The van der Waals surface area contributed by atoms with Crippen LogP contribution in [0.15, 0.2) is 18.2 Å². The lowest BCUT2D eigenvalue weighted by molar-refractivity contribution is -0.385. The molecule has 0 atom stereocenters. The van der Waals surface area contributed by atoms with Gasteiger partial charge in [0.2, 0.25) is 0 Å². The molecule has 7 nitrogen and oxygen atoms in total. The van der Waals surface area contributed by atoms with Gasteiger partial charge in [-0.2, -0.15) is 0 Å². The number of carbonyl (C=O) groups excluding carboxylic acids is 1. The van der Waals surface area contributed by atoms with Crippen molar-refractivity contribution in [2.24, 2.45) is 0 Å². The highest BCUT2D eigenvalue weighted by molar-refractivity contribution is 5.99. The fourth-order valence-corrected chi connectivity index (χ4v) is 2.17. The van der Waals surface area contributed by atoms with E-state index in [4.69, 9.17) is 0 Å². The van der Waals surface area contributed by atoms with Gasteiger partial charge >= 0.3 is 0 Å². The molecular formula is C14H20N4O3. The van der Waals surface area contributed by atoms with Gasteiger partial charge in [-0.3, -0.25) is 14.9 Å². The summed E-state index contributed by atoms with van der Waals surface area (Å²) in [7, 11) is 3.72. The molecular weight excluding hydrogens is 272 g/mol. The fraction of sp³-hybridized carbons (Fsp3) is 0.500. The molecule has 1 aliphatic carbocycles. The number of amides is 1. The molecule has 0 bridgehead atoms. The fourth-order valence-electron chi connectivity index (χ4n) is 2.17. The van der Waals surface area contributed by atoms with Crippen LogP contribution >= 0.6 is 0 Å². The van der Waals surface area contributed by atoms with Crippen LogP contribution < -0.4 is 10.6 Å². The van der Waals surface area contributed by atoms with E-state index in [0.29, 0.717) is 18.3 Å². The number of likely N-dealkylation sites (N-methyl/N-ethyl adjacent to an activating group) is 1. The molecule has 1 aromatic carbocycles. The van der Waals surface area contributed by atoms with Crippen LogP contribution in [-0.4, -0.2) is 49.0 Å². The molecule has 0 unspecified atom stereocenters. The molecule has 0 radical (unpaired) electrons. The summed E-state index contributed by atoms with van der Waals surface area (Å²) in [5.41, 5.74) is 0.573. The lowest BCUT2D eigenvalue weighted by atomic mass is 10.1. The van der Waals surface area contributed by atoms with Crippen LogP contribution in [0.5, 0.6) is 0 Å². The average molecular weight is 292 g/mol. The maximum absolute atomic E-state index is 12.1. The molecule has 1 fully saturated rings. The van der Waals surface area contributed by atoms with Gasteiger partial charge in [-0.25, -0.2) is 0 Å². The van der Waals surface area contributed by atoms with E-state index in [-0.39, 0.29) is 11.3 Å². The predicted octanol–water partition coefficient (Wildman–Crippen LogP) is 1.46. The Labute approximate surface area is 123 Å². The third-order valence-electron chi connectivity index (χ3n) is 3.65. The van der Waals surface area contributed by atoms with E-state index in [1.54, 1.807) is 13.1 Å². The number of hydrogen-bond acceptors (Lipinski definition) is 5. The largest absolute Gasteiger partial charge is 0.388 e. The van der Waals surface area contributed by atoms with Crippen molar-refractivity contribution in [2.45, 2.75) is 18.9 Å². The minimum atomic E-state index is -0.537. The molecule has 7 heteroatoms. The highest BCUT2D eigenvalue weighted by atomic mass is 16.6. The van der Waals surface area contributed by atoms with Crippen molar-refractivity contribution in [3.8, 4) is 0 Å². The summed E-state index contributed by atoms with van der Waals surface area (Å²) >= 11 is 0. The lowest BCUT2D eigenvalue weighted by Gasteiger charge is -2.15. The van der Waals surface area contributed by atoms with E-state index in [1.807, 2.05) is 7.05 Å². The molecule has 21 heavy (non-hydrogen) atoms. The third kappa shape index (κ3) is 3.91. The molecule has 1 amide bonds. The Kier molecular flexibility index (Phi) is 4.74. The molecule has 1 aliphatic rings. The third-order valence-corrected chi connectivity index (χ3v) is 3.65. The van der Waals surface area contributed by atoms with Crippen LogP contribution in [0.2, 0.25) is 0 Å². The van der Waals surface area contributed by atoms with Crippen molar-refractivity contribution < 1.29 is 9.72 Å². The second kappa shape index (κ2) is 6.53. The van der Waals surface area contributed by atoms with E-state index in [0.717, 1.165) is 6.54 Å². The minimum absolute atomic E-state index is 0.0842. The van der Waals surface area contributed by atoms with Crippen molar-refractivity contribution in [1.82, 2.24) is 10.2 Å². The van der Waals surface area contributed by atoms with Crippen molar-refractivity contribution in [1.29, 1.82) is 0 Å². The number of nitrogens with zero attached hydrogens (tertiary/aromatic N) is 2. The Morgan fingerprint density at radius 3 is 2.76 bits per heavy atom. The van der Waals surface area contributed by atoms with Crippen LogP contribution in [0.4, 0.5) is 11.4 Å². The Morgan fingerprint density at radius 1 is 1.48 bits per heavy atom. The maximum Gasteiger partial charge on any atom is 0.282 e. The quantitative estimate of drug-likeness (QED) is 0.587. The summed E-state index contributed by atoms with van der Waals surface area (Å²) in [6, 6.07) is 5.05. The van der Waals surface area contributed by atoms with Crippen LogP contribution in [0.25, 0.3) is 0 Å². The summed E-state index contributed by atoms with van der Waals surface area (Å²) in [5, 5.41) is 16.6. The minimum Gasteiger partial charge on any atom is -0.388 e. The number of hydrogen-bond donors (Lipinski definition) is 2. The SMILES string of the molecule is CNc1ccc([N+](=O)[O-])c(C(=O)NCCN(C)C2CC2)c1. The Balaban J connectivity index is 2.00. The molecule has 0 aliphatic heterocycles. The van der Waals surface area contributed by atoms with Gasteiger partial charge in [-0.1, -0.05) is 0 Å². The van der Waals surface area contributed by atoms with E-state index in [1.165, 1.54) is 25.0 Å². The number of nitrogens with one attached hydrogen (secondary N) is 2. The normalized spacial score (nSPS) is 14.0. The van der Waals surface area contributed by atoms with Crippen LogP contribution in [-0.2, 0) is 0 Å². The van der Waals surface area contributed by atoms with Crippen molar-refractivity contribution in [3.63, 3.8) is 0 Å². The van der Waals surface area contributed by atoms with Crippen molar-refractivity contribution in [2.75, 3.05) is 32.5 Å². The summed E-state index contributed by atoms with van der Waals surface area (Å²) in [4.78, 5) is 24.8. The van der Waals surface area contributed by atoms with E-state index in [9.17, 15) is 14.9 Å². The molecule has 1 aromatic rings. The van der Waals surface area contributed by atoms with E-state index < -0.39 is 10.8 Å². The van der Waals surface area contributed by atoms with Gasteiger partial charge < -0.3 is 15.5 Å². The highest BCUT2D eigenvalue weighted by Gasteiger charge is 2.26. The topological polar surface area (TPSA) is 87.5 Å². The van der Waals surface area contributed by atoms with Crippen LogP contribution in [0.3, 0.4) is 0 Å². The van der Waals surface area contributed by atoms with Crippen LogP contribution in [0.1, 0.15) is 23.2 Å². The van der Waals surface area contributed by atoms with Gasteiger partial charge in [0.15, 0.2) is 0 Å². The second-order valence-corrected chi connectivity index (χ2v) is 5.21. The van der Waals surface area contributed by atoms with Gasteiger partial charge in [0.05, 0.1) is 4.92 Å². The van der Waals surface area contributed by atoms with Gasteiger partial charge in [-0.05, 0) is 32.0 Å². The Bertz CT molecular complexity index is 543. The lowest BCUT2D eigenvalue weighted by Crippen LogP contribution is -2.34. The van der Waals surface area contributed by atoms with Crippen molar-refractivity contribution in [3.05, 3.63) is 33.9 Å². The van der Waals surface area contributed by atoms with Crippen LogP contribution in [0, 0.1) is 10.1 Å². The average Bonchev–Trinajstić information content (AvgIpc) is 3.30. The zero-order chi connectivity index (χ0) is 15.4. The number of nitro benzene ring substituents is 1. The molecule has 1 saturated carbocycles. The summed E-state index contributed by atoms with van der Waals surface area (Å²) in [5.74, 6) is -0.414. The molecule has 2 N–H and O–H groups in total. The first-order chi connectivity index (χ1) is 10.0. The number of benzene rings is 1. The zero-order valence-electron chi connectivity index (χ0n) is 12.3. The molecule has 0 aromatic heterocycles. The zero-order valence-corrected chi connectivity index (χ0v) is 12.3. The molecule has 2 rings (SSSR count). The smallest absolute Gasteiger partial charge is 0.282 e. The highest BCUT2D eigenvalue weighted by Crippen LogP contribution is 2.25. The van der Waals surface area contributed by atoms with Gasteiger partial charge in [0.1, 0.15) is 5.56 Å². The van der Waals surface area contributed by atoms with E-state index >= 15 is 0 Å². The molecule has 0 saturated heterocycles. The second-order valence-electron chi connectivity index (χ2n) is 5.21. The van der Waals surface area contributed by atoms with Gasteiger partial charge in [0, 0.05) is 37.9 Å². The summed E-state index contributed by atoms with van der Waals surface area (Å²) < 4.78 is 0. The molecule has 114 valence electrons. The Hall–Kier alpha value is -2.15. The first-order valence-electron chi connectivity index (χ1n) is 6.97. The van der Waals surface area contributed by atoms with E-state index in [2.05, 4.69) is 15.5 Å². The standard InChI is InChI=1S/C14H20N4O3/c1-15-10-3-6-13(18(20)21)12(9-10)14(19)16-7-8-17(2)11-4-5-11/h3,6,9,11,15H,4-5,7-8H2,1-2H3,(H,16,19). The summed E-state index contributed by atoms with van der Waals surface area (Å²) in [6.45, 7) is 1.22. The first kappa shape index (κ1) is 15.2. The number of nitro groups is 1. The first-order valence-corrected chi connectivity index (χ1v) is 6.97. The number of carbonyl (C=O) groups is 1. The Morgan fingerprint density at radius 2 is 2.19 bits per heavy atom. The summed E-state index contributed by atoms with van der Waals surface area (Å²) in [6.07, 6.45) is 2.42. The van der Waals surface area contributed by atoms with Gasteiger partial charge in [-0.15, -0.1) is 0 Å². The predicted molar refractivity (Wildman–Crippen MR) is 80.6 cm³/mol.